The third-order valence-electron chi connectivity index (χ3n) is 3.17. The van der Waals surface area contributed by atoms with E-state index < -0.39 is 0 Å². The van der Waals surface area contributed by atoms with Gasteiger partial charge in [0.05, 0.1) is 26.4 Å². The van der Waals surface area contributed by atoms with Crippen molar-refractivity contribution in [3.63, 3.8) is 0 Å². The first-order chi connectivity index (χ1) is 9.69. The number of H-pyrrole nitrogens is 1. The molecule has 0 unspecified atom stereocenters. The molecule has 0 aliphatic carbocycles. The van der Waals surface area contributed by atoms with Gasteiger partial charge >= 0.3 is 0 Å². The molecule has 0 spiro atoms. The van der Waals surface area contributed by atoms with Crippen LogP contribution in [0.25, 0.3) is 5.78 Å². The van der Waals surface area contributed by atoms with E-state index in [0.29, 0.717) is 32.0 Å². The summed E-state index contributed by atoms with van der Waals surface area (Å²) < 4.78 is 11.4. The number of hydrogen-bond acceptors (Lipinski definition) is 5. The van der Waals surface area contributed by atoms with E-state index in [0.717, 1.165) is 0 Å². The fraction of sp³-hybridized carbons (Fsp3) is 0.417. The van der Waals surface area contributed by atoms with Crippen LogP contribution < -0.4 is 10.3 Å². The van der Waals surface area contributed by atoms with Crippen LogP contribution in [0.5, 0.6) is 5.88 Å². The molecule has 3 heterocycles. The number of aromatic amines is 1. The van der Waals surface area contributed by atoms with Crippen LogP contribution in [0, 0.1) is 0 Å². The molecule has 1 amide bonds. The zero-order chi connectivity index (χ0) is 14.1. The number of carbonyl (C=O) groups excluding carboxylic acids is 1. The maximum absolute atomic E-state index is 12.3. The number of aromatic nitrogens is 3. The van der Waals surface area contributed by atoms with Crippen LogP contribution in [0.3, 0.4) is 0 Å². The van der Waals surface area contributed by atoms with Crippen LogP contribution in [-0.4, -0.2) is 58.6 Å². The first-order valence-corrected chi connectivity index (χ1v) is 6.22. The predicted molar refractivity (Wildman–Crippen MR) is 69.1 cm³/mol. The number of nitrogens with zero attached hydrogens (tertiary/aromatic N) is 3. The predicted octanol–water partition coefficient (Wildman–Crippen LogP) is -0.496. The van der Waals surface area contributed by atoms with Crippen LogP contribution in [0.2, 0.25) is 0 Å². The van der Waals surface area contributed by atoms with Gasteiger partial charge in [-0.1, -0.05) is 0 Å². The van der Waals surface area contributed by atoms with Crippen molar-refractivity contribution in [3.8, 4) is 5.88 Å². The Hall–Kier alpha value is -2.35. The quantitative estimate of drug-likeness (QED) is 0.800. The Balaban J connectivity index is 1.98. The van der Waals surface area contributed by atoms with E-state index in [9.17, 15) is 9.59 Å². The highest BCUT2D eigenvalue weighted by Gasteiger charge is 2.21. The molecule has 20 heavy (non-hydrogen) atoms. The molecule has 0 radical (unpaired) electrons. The number of nitrogens with one attached hydrogen (secondary N) is 1. The van der Waals surface area contributed by atoms with Gasteiger partial charge in [-0.05, 0) is 0 Å². The Morgan fingerprint density at radius 1 is 1.45 bits per heavy atom. The summed E-state index contributed by atoms with van der Waals surface area (Å²) >= 11 is 0. The smallest absolute Gasteiger partial charge is 0.272 e. The maximum atomic E-state index is 12.3. The molecule has 1 aliphatic rings. The monoisotopic (exact) mass is 278 g/mol. The molecule has 8 nitrogen and oxygen atoms in total. The van der Waals surface area contributed by atoms with Gasteiger partial charge in [-0.15, -0.1) is 0 Å². The molecule has 0 aromatic carbocycles. The Kier molecular flexibility index (Phi) is 3.15. The molecule has 2 aromatic heterocycles. The highest BCUT2D eigenvalue weighted by Crippen LogP contribution is 2.09. The van der Waals surface area contributed by atoms with Crippen molar-refractivity contribution in [1.29, 1.82) is 0 Å². The molecule has 1 fully saturated rings. The maximum Gasteiger partial charge on any atom is 0.272 e. The second-order valence-electron chi connectivity index (χ2n) is 4.40. The van der Waals surface area contributed by atoms with Crippen molar-refractivity contribution < 1.29 is 14.3 Å². The molecule has 1 saturated heterocycles. The van der Waals surface area contributed by atoms with Crippen LogP contribution in [0.1, 0.15) is 10.5 Å². The van der Waals surface area contributed by atoms with Crippen LogP contribution in [-0.2, 0) is 4.74 Å². The minimum absolute atomic E-state index is 0.169. The summed E-state index contributed by atoms with van der Waals surface area (Å²) in [6, 6.07) is 1.27. The lowest BCUT2D eigenvalue weighted by Gasteiger charge is -2.26. The van der Waals surface area contributed by atoms with Gasteiger partial charge in [0.2, 0.25) is 11.7 Å². The van der Waals surface area contributed by atoms with Crippen molar-refractivity contribution >= 4 is 11.7 Å². The van der Waals surface area contributed by atoms with Crippen molar-refractivity contribution in [2.75, 3.05) is 33.4 Å². The molecule has 2 aromatic rings. The van der Waals surface area contributed by atoms with E-state index in [1.54, 1.807) is 4.90 Å². The van der Waals surface area contributed by atoms with Crippen LogP contribution >= 0.6 is 0 Å². The van der Waals surface area contributed by atoms with Gasteiger partial charge in [-0.25, -0.2) is 0 Å². The van der Waals surface area contributed by atoms with Gasteiger partial charge in [-0.3, -0.25) is 14.0 Å². The van der Waals surface area contributed by atoms with Gasteiger partial charge in [0.25, 0.3) is 11.5 Å². The number of carbonyl (C=O) groups is 1. The fourth-order valence-corrected chi connectivity index (χ4v) is 2.11. The largest absolute Gasteiger partial charge is 0.481 e. The second kappa shape index (κ2) is 4.97. The Morgan fingerprint density at radius 3 is 2.90 bits per heavy atom. The normalized spacial score (nSPS) is 15.6. The number of morpholine rings is 1. The third kappa shape index (κ3) is 2.14. The topological polar surface area (TPSA) is 88.9 Å². The van der Waals surface area contributed by atoms with Crippen molar-refractivity contribution in [3.05, 3.63) is 28.3 Å². The van der Waals surface area contributed by atoms with Gasteiger partial charge in [-0.2, -0.15) is 4.98 Å². The summed E-state index contributed by atoms with van der Waals surface area (Å²) in [5, 5.41) is 0. The van der Waals surface area contributed by atoms with Crippen molar-refractivity contribution in [1.82, 2.24) is 19.3 Å². The lowest BCUT2D eigenvalue weighted by Crippen LogP contribution is -2.40. The Morgan fingerprint density at radius 2 is 2.20 bits per heavy atom. The highest BCUT2D eigenvalue weighted by molar-refractivity contribution is 5.92. The summed E-state index contributed by atoms with van der Waals surface area (Å²) in [6.07, 6.45) is 1.46. The van der Waals surface area contributed by atoms with Gasteiger partial charge in [0, 0.05) is 19.3 Å². The second-order valence-corrected chi connectivity index (χ2v) is 4.40. The number of fused-ring (bicyclic) bond motifs is 1. The lowest BCUT2D eigenvalue weighted by molar-refractivity contribution is 0.0299. The standard InChI is InChI=1S/C12H14N4O4/c1-19-9-6-10(17)16-7-8(13-12(16)14-9)11(18)15-2-4-20-5-3-15/h6-7H,2-5H2,1H3,(H,13,14). The summed E-state index contributed by atoms with van der Waals surface area (Å²) in [5.41, 5.74) is 0.0221. The number of ether oxygens (including phenoxy) is 2. The number of imidazole rings is 1. The number of rotatable bonds is 2. The SMILES string of the molecule is COc1cc(=O)n2cc(C(=O)N3CCOCC3)[nH]c2n1. The molecule has 1 aliphatic heterocycles. The molecule has 0 atom stereocenters. The minimum Gasteiger partial charge on any atom is -0.481 e. The first-order valence-electron chi connectivity index (χ1n) is 6.22. The van der Waals surface area contributed by atoms with Crippen LogP contribution in [0.15, 0.2) is 17.1 Å². The fourth-order valence-electron chi connectivity index (χ4n) is 2.11. The zero-order valence-corrected chi connectivity index (χ0v) is 11.0. The molecule has 1 N–H and O–H groups in total. The molecular formula is C12H14N4O4. The van der Waals surface area contributed by atoms with E-state index in [2.05, 4.69) is 9.97 Å². The van der Waals surface area contributed by atoms with E-state index in [1.807, 2.05) is 0 Å². The Bertz CT molecular complexity index is 699. The first kappa shape index (κ1) is 12.7. The average Bonchev–Trinajstić information content (AvgIpc) is 2.92. The summed E-state index contributed by atoms with van der Waals surface area (Å²) in [4.78, 5) is 32.8. The highest BCUT2D eigenvalue weighted by atomic mass is 16.5. The molecule has 0 saturated carbocycles. The van der Waals surface area contributed by atoms with E-state index >= 15 is 0 Å². The van der Waals surface area contributed by atoms with Crippen molar-refractivity contribution in [2.24, 2.45) is 0 Å². The third-order valence-corrected chi connectivity index (χ3v) is 3.17. The van der Waals surface area contributed by atoms with E-state index in [4.69, 9.17) is 9.47 Å². The van der Waals surface area contributed by atoms with E-state index in [-0.39, 0.29) is 23.1 Å². The summed E-state index contributed by atoms with van der Waals surface area (Å²) in [7, 11) is 1.43. The molecule has 106 valence electrons. The van der Waals surface area contributed by atoms with E-state index in [1.165, 1.54) is 23.8 Å². The molecule has 8 heteroatoms. The summed E-state index contributed by atoms with van der Waals surface area (Å²) in [6.45, 7) is 2.13. The van der Waals surface area contributed by atoms with Crippen molar-refractivity contribution in [2.45, 2.75) is 0 Å². The number of methoxy groups -OCH3 is 1. The molecule has 3 rings (SSSR count). The van der Waals surface area contributed by atoms with Gasteiger partial charge < -0.3 is 19.4 Å². The number of hydrogen-bond donors (Lipinski definition) is 1. The minimum atomic E-state index is -0.302. The van der Waals surface area contributed by atoms with Gasteiger partial charge in [0.15, 0.2) is 0 Å². The average molecular weight is 278 g/mol. The Labute approximate surface area is 113 Å². The molecular weight excluding hydrogens is 264 g/mol. The van der Waals surface area contributed by atoms with Gasteiger partial charge in [0.1, 0.15) is 5.69 Å². The zero-order valence-electron chi connectivity index (χ0n) is 11.0. The van der Waals surface area contributed by atoms with Crippen LogP contribution in [0.4, 0.5) is 0 Å². The number of amides is 1. The molecule has 0 bridgehead atoms. The lowest BCUT2D eigenvalue weighted by atomic mass is 10.3. The summed E-state index contributed by atoms with van der Waals surface area (Å²) in [5.74, 6) is 0.324.